The fraction of sp³-hybridized carbons (Fsp3) is 0.231. The van der Waals surface area contributed by atoms with Gasteiger partial charge in [-0.3, -0.25) is 0 Å². The number of hydrogen-bond acceptors (Lipinski definition) is 3. The molecule has 1 aromatic carbocycles. The number of carbonyl (C=O) groups is 2. The Balaban J connectivity index is 2.51. The van der Waals surface area contributed by atoms with Gasteiger partial charge in [0.2, 0.25) is 0 Å². The van der Waals surface area contributed by atoms with Crippen molar-refractivity contribution in [2.24, 2.45) is 0 Å². The van der Waals surface area contributed by atoms with Crippen LogP contribution in [0.2, 0.25) is 0 Å². The molecule has 5 nitrogen and oxygen atoms in total. The molecule has 0 spiro atoms. The van der Waals surface area contributed by atoms with Gasteiger partial charge in [0.25, 0.3) is 0 Å². The number of carbonyl (C=O) groups excluding carboxylic acids is 1. The number of halogens is 1. The van der Waals surface area contributed by atoms with Gasteiger partial charge in [-0.25, -0.2) is 14.0 Å². The number of urea groups is 1. The molecule has 2 amide bonds. The van der Waals surface area contributed by atoms with Crippen LogP contribution < -0.4 is 10.6 Å². The summed E-state index contributed by atoms with van der Waals surface area (Å²) >= 11 is 1.48. The van der Waals surface area contributed by atoms with Gasteiger partial charge < -0.3 is 15.7 Å². The Hall–Kier alpha value is -2.20. The Labute approximate surface area is 119 Å². The second kappa shape index (κ2) is 8.07. The molecule has 1 aromatic rings. The first-order chi connectivity index (χ1) is 9.54. The van der Waals surface area contributed by atoms with Gasteiger partial charge in [0.05, 0.1) is 17.0 Å². The molecule has 1 rings (SSSR count). The molecule has 0 aliphatic carbocycles. The van der Waals surface area contributed by atoms with E-state index >= 15 is 0 Å². The zero-order chi connectivity index (χ0) is 15.0. The number of thioether (sulfide) groups is 1. The molecule has 0 fully saturated rings. The molecule has 0 aliphatic heterocycles. The van der Waals surface area contributed by atoms with E-state index in [1.165, 1.54) is 11.8 Å². The van der Waals surface area contributed by atoms with Gasteiger partial charge in [-0.1, -0.05) is 5.92 Å². The van der Waals surface area contributed by atoms with E-state index in [-0.39, 0.29) is 11.3 Å². The number of amides is 2. The average Bonchev–Trinajstić information content (AvgIpc) is 2.40. The molecule has 0 unspecified atom stereocenters. The van der Waals surface area contributed by atoms with Crippen LogP contribution in [0.1, 0.15) is 10.4 Å². The first-order valence-electron chi connectivity index (χ1n) is 5.63. The fourth-order valence-electron chi connectivity index (χ4n) is 1.29. The molecule has 20 heavy (non-hydrogen) atoms. The summed E-state index contributed by atoms with van der Waals surface area (Å²) in [6, 6.07) is 2.57. The minimum Gasteiger partial charge on any atom is -0.478 e. The highest BCUT2D eigenvalue weighted by Crippen LogP contribution is 2.16. The quantitative estimate of drug-likeness (QED) is 0.554. The number of carboxylic acids is 1. The maximum atomic E-state index is 13.4. The number of rotatable bonds is 6. The van der Waals surface area contributed by atoms with Gasteiger partial charge in [0, 0.05) is 12.3 Å². The van der Waals surface area contributed by atoms with Crippen LogP contribution in [0.3, 0.4) is 0 Å². The van der Waals surface area contributed by atoms with Crippen LogP contribution in [0.25, 0.3) is 0 Å². The van der Waals surface area contributed by atoms with E-state index in [4.69, 9.17) is 11.5 Å². The van der Waals surface area contributed by atoms with Gasteiger partial charge in [-0.2, -0.15) is 0 Å². The molecule has 0 bridgehead atoms. The van der Waals surface area contributed by atoms with Crippen molar-refractivity contribution in [2.45, 2.75) is 0 Å². The van der Waals surface area contributed by atoms with E-state index in [9.17, 15) is 14.0 Å². The van der Waals surface area contributed by atoms with Crippen molar-refractivity contribution >= 4 is 29.4 Å². The lowest BCUT2D eigenvalue weighted by Gasteiger charge is -2.08. The normalized spacial score (nSPS) is 9.60. The third kappa shape index (κ3) is 5.20. The third-order valence-corrected chi connectivity index (χ3v) is 3.04. The molecule has 7 heteroatoms. The molecule has 3 N–H and O–H groups in total. The van der Waals surface area contributed by atoms with Crippen molar-refractivity contribution < 1.29 is 19.1 Å². The molecule has 106 valence electrons. The number of hydrogen-bond donors (Lipinski definition) is 3. The third-order valence-electron chi connectivity index (χ3n) is 2.18. The van der Waals surface area contributed by atoms with Crippen molar-refractivity contribution in [3.8, 4) is 12.3 Å². The smallest absolute Gasteiger partial charge is 0.335 e. The summed E-state index contributed by atoms with van der Waals surface area (Å²) in [4.78, 5) is 22.2. The summed E-state index contributed by atoms with van der Waals surface area (Å²) in [5, 5.41) is 13.6. The lowest BCUT2D eigenvalue weighted by Crippen LogP contribution is -2.31. The van der Waals surface area contributed by atoms with Crippen molar-refractivity contribution in [3.63, 3.8) is 0 Å². The average molecular weight is 296 g/mol. The zero-order valence-electron chi connectivity index (χ0n) is 10.5. The molecule has 0 radical (unpaired) electrons. The highest BCUT2D eigenvalue weighted by atomic mass is 32.2. The van der Waals surface area contributed by atoms with Gasteiger partial charge in [0.1, 0.15) is 5.82 Å². The summed E-state index contributed by atoms with van der Waals surface area (Å²) < 4.78 is 13.4. The van der Waals surface area contributed by atoms with E-state index < -0.39 is 17.8 Å². The van der Waals surface area contributed by atoms with Crippen LogP contribution in [0.5, 0.6) is 0 Å². The topological polar surface area (TPSA) is 78.4 Å². The van der Waals surface area contributed by atoms with Crippen molar-refractivity contribution in [1.82, 2.24) is 5.32 Å². The Morgan fingerprint density at radius 1 is 1.45 bits per heavy atom. The number of benzene rings is 1. The van der Waals surface area contributed by atoms with Gasteiger partial charge >= 0.3 is 12.0 Å². The SMILES string of the molecule is C#CCSCCNC(=O)Nc1cc(C(=O)O)ccc1F. The minimum atomic E-state index is -1.20. The van der Waals surface area contributed by atoms with Crippen molar-refractivity contribution in [1.29, 1.82) is 0 Å². The molecule has 0 aliphatic rings. The highest BCUT2D eigenvalue weighted by molar-refractivity contribution is 7.99. The number of terminal acetylenes is 1. The first kappa shape index (κ1) is 15.9. The van der Waals surface area contributed by atoms with E-state index in [2.05, 4.69) is 16.6 Å². The molecule has 0 saturated heterocycles. The van der Waals surface area contributed by atoms with Crippen LogP contribution in [0.4, 0.5) is 14.9 Å². The second-order valence-corrected chi connectivity index (χ2v) is 4.74. The number of carboxylic acid groups (broad SMARTS) is 1. The fourth-order valence-corrected chi connectivity index (χ4v) is 1.80. The monoisotopic (exact) mass is 296 g/mol. The lowest BCUT2D eigenvalue weighted by molar-refractivity contribution is 0.0697. The number of anilines is 1. The summed E-state index contributed by atoms with van der Waals surface area (Å²) in [7, 11) is 0. The molecular formula is C13H13FN2O3S. The first-order valence-corrected chi connectivity index (χ1v) is 6.79. The van der Waals surface area contributed by atoms with Gasteiger partial charge in [0.15, 0.2) is 0 Å². The molecule has 0 heterocycles. The van der Waals surface area contributed by atoms with Crippen LogP contribution in [0.15, 0.2) is 18.2 Å². The number of nitrogens with one attached hydrogen (secondary N) is 2. The number of aromatic carboxylic acids is 1. The zero-order valence-corrected chi connectivity index (χ0v) is 11.3. The molecule has 0 saturated carbocycles. The summed E-state index contributed by atoms with van der Waals surface area (Å²) in [6.45, 7) is 0.373. The van der Waals surface area contributed by atoms with Crippen molar-refractivity contribution in [2.75, 3.05) is 23.4 Å². The second-order valence-electron chi connectivity index (χ2n) is 3.64. The predicted molar refractivity (Wildman–Crippen MR) is 76.5 cm³/mol. The molecular weight excluding hydrogens is 283 g/mol. The summed E-state index contributed by atoms with van der Waals surface area (Å²) in [6.07, 6.45) is 5.07. The maximum Gasteiger partial charge on any atom is 0.335 e. The van der Waals surface area contributed by atoms with Crippen LogP contribution >= 0.6 is 11.8 Å². The van der Waals surface area contributed by atoms with Crippen LogP contribution in [0, 0.1) is 18.2 Å². The summed E-state index contributed by atoms with van der Waals surface area (Å²) in [5.74, 6) is 1.74. The van der Waals surface area contributed by atoms with Gasteiger partial charge in [-0.05, 0) is 18.2 Å². The lowest BCUT2D eigenvalue weighted by atomic mass is 10.2. The van der Waals surface area contributed by atoms with E-state index in [0.29, 0.717) is 18.1 Å². The minimum absolute atomic E-state index is 0.105. The Kier molecular flexibility index (Phi) is 6.40. The Bertz CT molecular complexity index is 543. The standard InChI is InChI=1S/C13H13FN2O3S/c1-2-6-20-7-5-15-13(19)16-11-8-9(12(17)18)3-4-10(11)14/h1,3-4,8H,5-7H2,(H,17,18)(H2,15,16,19). The largest absolute Gasteiger partial charge is 0.478 e. The van der Waals surface area contributed by atoms with Crippen LogP contribution in [-0.4, -0.2) is 35.2 Å². The van der Waals surface area contributed by atoms with Crippen molar-refractivity contribution in [3.05, 3.63) is 29.6 Å². The highest BCUT2D eigenvalue weighted by Gasteiger charge is 2.10. The summed E-state index contributed by atoms with van der Waals surface area (Å²) in [5.41, 5.74) is -0.287. The Morgan fingerprint density at radius 3 is 2.85 bits per heavy atom. The Morgan fingerprint density at radius 2 is 2.20 bits per heavy atom. The van der Waals surface area contributed by atoms with E-state index in [0.717, 1.165) is 18.2 Å². The molecule has 0 aromatic heterocycles. The predicted octanol–water partition coefficient (Wildman–Crippen LogP) is 2.01. The van der Waals surface area contributed by atoms with E-state index in [1.807, 2.05) is 0 Å². The van der Waals surface area contributed by atoms with E-state index in [1.54, 1.807) is 0 Å². The van der Waals surface area contributed by atoms with Gasteiger partial charge in [-0.15, -0.1) is 18.2 Å². The maximum absolute atomic E-state index is 13.4. The van der Waals surface area contributed by atoms with Crippen LogP contribution in [-0.2, 0) is 0 Å². The molecule has 0 atom stereocenters.